The van der Waals surface area contributed by atoms with Gasteiger partial charge in [-0.1, -0.05) is 13.8 Å². The number of carbonyl (C=O) groups is 2. The van der Waals surface area contributed by atoms with Crippen molar-refractivity contribution in [2.24, 2.45) is 23.7 Å². The molecule has 4 heterocycles. The van der Waals surface area contributed by atoms with Crippen LogP contribution < -0.4 is 5.11 Å². The zero-order valence-corrected chi connectivity index (χ0v) is 16.0. The minimum Gasteiger partial charge on any atom is -0.550 e. The van der Waals surface area contributed by atoms with Crippen LogP contribution in [-0.2, 0) is 33.6 Å². The van der Waals surface area contributed by atoms with Gasteiger partial charge in [0.25, 0.3) is 0 Å². The quantitative estimate of drug-likeness (QED) is 0.528. The van der Waals surface area contributed by atoms with Crippen molar-refractivity contribution in [1.29, 1.82) is 0 Å². The number of carboxylic acids is 1. The Morgan fingerprint density at radius 2 is 1.89 bits per heavy atom. The van der Waals surface area contributed by atoms with Crippen LogP contribution in [0, 0.1) is 23.7 Å². The third-order valence-electron chi connectivity index (χ3n) is 6.88. The molecule has 8 heteroatoms. The first-order valence-electron chi connectivity index (χ1n) is 9.84. The predicted octanol–water partition coefficient (Wildman–Crippen LogP) is 1.27. The molecule has 1 saturated carbocycles. The van der Waals surface area contributed by atoms with Gasteiger partial charge in [-0.25, -0.2) is 9.78 Å². The first-order chi connectivity index (χ1) is 12.7. The molecule has 152 valence electrons. The molecule has 5 aliphatic rings. The van der Waals surface area contributed by atoms with Gasteiger partial charge in [0.1, 0.15) is 0 Å². The van der Waals surface area contributed by atoms with Crippen LogP contribution in [0.4, 0.5) is 0 Å². The topological polar surface area (TPSA) is 103 Å². The fourth-order valence-corrected chi connectivity index (χ4v) is 5.40. The van der Waals surface area contributed by atoms with Gasteiger partial charge in [0.2, 0.25) is 12.1 Å². The number of ether oxygens (including phenoxy) is 3. The summed E-state index contributed by atoms with van der Waals surface area (Å²) in [5.41, 5.74) is -0.707. The number of rotatable bonds is 4. The molecule has 1 spiro atoms. The minimum atomic E-state index is -1.28. The summed E-state index contributed by atoms with van der Waals surface area (Å²) >= 11 is 0. The van der Waals surface area contributed by atoms with Crippen molar-refractivity contribution < 1.29 is 38.7 Å². The van der Waals surface area contributed by atoms with E-state index >= 15 is 0 Å². The van der Waals surface area contributed by atoms with Crippen LogP contribution in [0.15, 0.2) is 0 Å². The molecule has 0 aromatic rings. The van der Waals surface area contributed by atoms with Gasteiger partial charge in [0.15, 0.2) is 11.9 Å². The van der Waals surface area contributed by atoms with Gasteiger partial charge in [-0.3, -0.25) is 4.79 Å². The van der Waals surface area contributed by atoms with Crippen LogP contribution in [0.5, 0.6) is 0 Å². The lowest BCUT2D eigenvalue weighted by Gasteiger charge is -2.59. The lowest BCUT2D eigenvalue weighted by molar-refractivity contribution is -0.576. The van der Waals surface area contributed by atoms with Gasteiger partial charge in [-0.2, -0.15) is 0 Å². The summed E-state index contributed by atoms with van der Waals surface area (Å²) in [6.45, 7) is 6.04. The van der Waals surface area contributed by atoms with Gasteiger partial charge in [-0.05, 0) is 44.4 Å². The summed E-state index contributed by atoms with van der Waals surface area (Å²) in [5, 5.41) is 10.6. The van der Waals surface area contributed by atoms with E-state index in [9.17, 15) is 14.7 Å². The van der Waals surface area contributed by atoms with Crippen molar-refractivity contribution in [3.63, 3.8) is 0 Å². The van der Waals surface area contributed by atoms with Gasteiger partial charge in [-0.15, -0.1) is 0 Å². The van der Waals surface area contributed by atoms with E-state index in [1.807, 2.05) is 13.8 Å². The lowest BCUT2D eigenvalue weighted by Crippen LogP contribution is -2.70. The number of esters is 1. The third kappa shape index (κ3) is 3.06. The second-order valence-corrected chi connectivity index (χ2v) is 8.64. The van der Waals surface area contributed by atoms with Crippen LogP contribution in [0.1, 0.15) is 59.3 Å². The molecule has 5 rings (SSSR count). The van der Waals surface area contributed by atoms with E-state index < -0.39 is 35.9 Å². The molecule has 0 N–H and O–H groups in total. The fraction of sp³-hybridized carbons (Fsp3) is 0.895. The number of fused-ring (bicyclic) bond motifs is 2. The van der Waals surface area contributed by atoms with Crippen molar-refractivity contribution in [3.05, 3.63) is 0 Å². The molecule has 1 aliphatic carbocycles. The Morgan fingerprint density at radius 3 is 2.63 bits per heavy atom. The maximum atomic E-state index is 12.0. The minimum absolute atomic E-state index is 0.0547. The Morgan fingerprint density at radius 1 is 1.11 bits per heavy atom. The van der Waals surface area contributed by atoms with E-state index in [0.29, 0.717) is 12.3 Å². The van der Waals surface area contributed by atoms with Gasteiger partial charge in [0, 0.05) is 24.2 Å². The largest absolute Gasteiger partial charge is 0.550 e. The monoisotopic (exact) mass is 383 g/mol. The molecule has 8 nitrogen and oxygen atoms in total. The summed E-state index contributed by atoms with van der Waals surface area (Å²) in [4.78, 5) is 34.4. The molecular weight excluding hydrogens is 356 g/mol. The highest BCUT2D eigenvalue weighted by atomic mass is 17.3. The standard InChI is InChI=1S/C19H28O8/c1-10-4-5-13-11(2)16(23-15(22)7-6-14(20)21)24-17-19(13)12(10)8-9-18(3,25-17)26-27-19/h10-13,16-17H,4-9H2,1-3H3,(H,20,21)/p-1/t10-,11-,12+,13+,16+,17-,18?,19-/m1/s1. The Balaban J connectivity index is 1.58. The Hall–Kier alpha value is -1.22. The Kier molecular flexibility index (Phi) is 4.73. The molecule has 0 aromatic heterocycles. The number of carbonyl (C=O) groups excluding carboxylic acids is 2. The summed E-state index contributed by atoms with van der Waals surface area (Å²) in [7, 11) is 0. The molecule has 27 heavy (non-hydrogen) atoms. The van der Waals surface area contributed by atoms with Crippen LogP contribution in [0.3, 0.4) is 0 Å². The average Bonchev–Trinajstić information content (AvgIpc) is 2.84. The van der Waals surface area contributed by atoms with E-state index in [0.717, 1.165) is 19.3 Å². The summed E-state index contributed by atoms with van der Waals surface area (Å²) in [5.74, 6) is -2.17. The average molecular weight is 383 g/mol. The van der Waals surface area contributed by atoms with Crippen LogP contribution >= 0.6 is 0 Å². The second kappa shape index (κ2) is 6.69. The van der Waals surface area contributed by atoms with Crippen LogP contribution in [0.25, 0.3) is 0 Å². The lowest BCUT2D eigenvalue weighted by atomic mass is 9.58. The van der Waals surface area contributed by atoms with Crippen molar-refractivity contribution in [2.75, 3.05) is 0 Å². The van der Waals surface area contributed by atoms with Crippen molar-refractivity contribution in [3.8, 4) is 0 Å². The van der Waals surface area contributed by atoms with Gasteiger partial charge >= 0.3 is 5.97 Å². The molecular formula is C19H27O8-. The highest BCUT2D eigenvalue weighted by Gasteiger charge is 2.69. The normalized spacial score (nSPS) is 48.4. The fourth-order valence-electron chi connectivity index (χ4n) is 5.40. The molecule has 2 bridgehead atoms. The maximum absolute atomic E-state index is 12.0. The second-order valence-electron chi connectivity index (χ2n) is 8.64. The molecule has 8 atom stereocenters. The van der Waals surface area contributed by atoms with Crippen LogP contribution in [-0.4, -0.2) is 35.9 Å². The zero-order chi connectivity index (χ0) is 19.4. The zero-order valence-electron chi connectivity index (χ0n) is 16.0. The van der Waals surface area contributed by atoms with E-state index in [1.54, 1.807) is 0 Å². The summed E-state index contributed by atoms with van der Waals surface area (Å²) in [6, 6.07) is 0. The van der Waals surface area contributed by atoms with Gasteiger partial charge < -0.3 is 24.1 Å². The molecule has 4 saturated heterocycles. The molecule has 1 unspecified atom stereocenters. The molecule has 0 aromatic carbocycles. The van der Waals surface area contributed by atoms with Crippen molar-refractivity contribution >= 4 is 11.9 Å². The summed E-state index contributed by atoms with van der Waals surface area (Å²) < 4.78 is 17.7. The highest BCUT2D eigenvalue weighted by Crippen LogP contribution is 2.60. The van der Waals surface area contributed by atoms with E-state index in [1.165, 1.54) is 0 Å². The molecule has 0 radical (unpaired) electrons. The van der Waals surface area contributed by atoms with E-state index in [-0.39, 0.29) is 30.6 Å². The Bertz CT molecular complexity index is 623. The van der Waals surface area contributed by atoms with Gasteiger partial charge in [0.05, 0.1) is 6.42 Å². The first-order valence-corrected chi connectivity index (χ1v) is 9.84. The maximum Gasteiger partial charge on any atom is 0.308 e. The number of hydrogen-bond acceptors (Lipinski definition) is 8. The highest BCUT2D eigenvalue weighted by molar-refractivity contribution is 5.75. The van der Waals surface area contributed by atoms with E-state index in [2.05, 4.69) is 6.92 Å². The smallest absolute Gasteiger partial charge is 0.308 e. The predicted molar refractivity (Wildman–Crippen MR) is 87.2 cm³/mol. The SMILES string of the molecule is C[C@H]1[C@@H](OC(=O)CCC(=O)[O-])O[C@@H]2OC3(C)CC[C@H]4[C@H](C)CC[C@@H]1[C@@]24OO3. The summed E-state index contributed by atoms with van der Waals surface area (Å²) in [6.07, 6.45) is 1.48. The molecule has 4 aliphatic heterocycles. The van der Waals surface area contributed by atoms with Crippen molar-refractivity contribution in [1.82, 2.24) is 0 Å². The number of aliphatic carboxylic acids is 1. The third-order valence-corrected chi connectivity index (χ3v) is 6.88. The number of carboxylic acid groups (broad SMARTS) is 1. The molecule has 0 amide bonds. The van der Waals surface area contributed by atoms with Crippen LogP contribution in [0.2, 0.25) is 0 Å². The molecule has 5 fully saturated rings. The Labute approximate surface area is 158 Å². The number of hydrogen-bond donors (Lipinski definition) is 0. The van der Waals surface area contributed by atoms with E-state index in [4.69, 9.17) is 24.0 Å². The first kappa shape index (κ1) is 19.1. The van der Waals surface area contributed by atoms with Crippen molar-refractivity contribution in [2.45, 2.75) is 83.3 Å².